The van der Waals surface area contributed by atoms with E-state index in [4.69, 9.17) is 14.4 Å². The largest absolute Gasteiger partial charge is 0.455 e. The van der Waals surface area contributed by atoms with Crippen LogP contribution in [0.3, 0.4) is 0 Å². The molecule has 7 aromatic carbocycles. The third-order valence-electron chi connectivity index (χ3n) is 8.25. The average Bonchev–Trinajstić information content (AvgIpc) is 3.44. The van der Waals surface area contributed by atoms with Crippen LogP contribution in [0.5, 0.6) is 0 Å². The van der Waals surface area contributed by atoms with E-state index in [-0.39, 0.29) is 0 Å². The Bertz CT molecular complexity index is 2470. The van der Waals surface area contributed by atoms with Crippen LogP contribution in [0.4, 0.5) is 0 Å². The molecule has 9 aromatic rings. The van der Waals surface area contributed by atoms with Crippen LogP contribution in [0.25, 0.3) is 87.8 Å². The number of nitrogens with zero attached hydrogens (tertiary/aromatic N) is 2. The first kappa shape index (κ1) is 22.3. The summed E-state index contributed by atoms with van der Waals surface area (Å²) in [6.07, 6.45) is 0. The van der Waals surface area contributed by atoms with Gasteiger partial charge in [0.15, 0.2) is 5.82 Å². The maximum Gasteiger partial charge on any atom is 0.161 e. The van der Waals surface area contributed by atoms with Crippen molar-refractivity contribution >= 4 is 65.2 Å². The van der Waals surface area contributed by atoms with Gasteiger partial charge in [-0.1, -0.05) is 115 Å². The summed E-state index contributed by atoms with van der Waals surface area (Å²) in [6, 6.07) is 46.5. The Balaban J connectivity index is 1.52. The molecule has 9 rings (SSSR count). The minimum absolute atomic E-state index is 0.693. The van der Waals surface area contributed by atoms with Crippen molar-refractivity contribution in [2.24, 2.45) is 0 Å². The van der Waals surface area contributed by atoms with Gasteiger partial charge in [0.25, 0.3) is 0 Å². The van der Waals surface area contributed by atoms with E-state index >= 15 is 0 Å². The molecule has 0 radical (unpaired) electrons. The molecule has 3 nitrogen and oxygen atoms in total. The van der Waals surface area contributed by atoms with E-state index in [9.17, 15) is 0 Å². The number of benzene rings is 7. The van der Waals surface area contributed by atoms with Gasteiger partial charge in [-0.2, -0.15) is 0 Å². The number of aromatic nitrogens is 2. The second-order valence-electron chi connectivity index (χ2n) is 10.5. The summed E-state index contributed by atoms with van der Waals surface area (Å²) in [7, 11) is 0. The maximum absolute atomic E-state index is 6.73. The predicted octanol–water partition coefficient (Wildman–Crippen LogP) is 10.3. The summed E-state index contributed by atoms with van der Waals surface area (Å²) >= 11 is 0. The third-order valence-corrected chi connectivity index (χ3v) is 8.25. The molecule has 0 bridgehead atoms. The molecule has 3 heteroatoms. The molecule has 0 aliphatic rings. The zero-order valence-electron chi connectivity index (χ0n) is 22.0. The van der Waals surface area contributed by atoms with Crippen LogP contribution in [-0.2, 0) is 0 Å². The average molecular weight is 523 g/mol. The van der Waals surface area contributed by atoms with Gasteiger partial charge < -0.3 is 4.42 Å². The summed E-state index contributed by atoms with van der Waals surface area (Å²) in [4.78, 5) is 10.4. The summed E-state index contributed by atoms with van der Waals surface area (Å²) in [5, 5.41) is 10.2. The fourth-order valence-electron chi connectivity index (χ4n) is 6.46. The highest BCUT2D eigenvalue weighted by atomic mass is 16.3. The lowest BCUT2D eigenvalue weighted by Crippen LogP contribution is -1.96. The van der Waals surface area contributed by atoms with Crippen LogP contribution < -0.4 is 0 Å². The van der Waals surface area contributed by atoms with Crippen molar-refractivity contribution in [2.75, 3.05) is 0 Å². The summed E-state index contributed by atoms with van der Waals surface area (Å²) < 4.78 is 6.73. The smallest absolute Gasteiger partial charge is 0.161 e. The van der Waals surface area contributed by atoms with Crippen LogP contribution in [-0.4, -0.2) is 9.97 Å². The van der Waals surface area contributed by atoms with Gasteiger partial charge in [0.2, 0.25) is 0 Å². The minimum Gasteiger partial charge on any atom is -0.455 e. The molecule has 0 amide bonds. The fourth-order valence-corrected chi connectivity index (χ4v) is 6.46. The van der Waals surface area contributed by atoms with Gasteiger partial charge in [0.05, 0.1) is 11.2 Å². The normalized spacial score (nSPS) is 11.9. The van der Waals surface area contributed by atoms with Gasteiger partial charge in [0, 0.05) is 32.7 Å². The number of hydrogen-bond acceptors (Lipinski definition) is 3. The molecule has 0 aliphatic carbocycles. The SMILES string of the molecule is c1ccc(-c2nc(-c3cc4c5ccccc5c5ccccc5c4c4oc5ccccc5c34)nc3ccccc23)cc1. The third kappa shape index (κ3) is 3.20. The van der Waals surface area contributed by atoms with Crippen molar-refractivity contribution in [3.8, 4) is 22.6 Å². The van der Waals surface area contributed by atoms with E-state index in [2.05, 4.69) is 103 Å². The van der Waals surface area contributed by atoms with Crippen molar-refractivity contribution in [3.63, 3.8) is 0 Å². The highest BCUT2D eigenvalue weighted by Gasteiger charge is 2.22. The van der Waals surface area contributed by atoms with Crippen LogP contribution >= 0.6 is 0 Å². The molecule has 0 fully saturated rings. The van der Waals surface area contributed by atoms with Gasteiger partial charge >= 0.3 is 0 Å². The first-order valence-electron chi connectivity index (χ1n) is 13.9. The van der Waals surface area contributed by atoms with Crippen molar-refractivity contribution in [2.45, 2.75) is 0 Å². The lowest BCUT2D eigenvalue weighted by Gasteiger charge is -2.14. The number of fused-ring (bicyclic) bond motifs is 11. The summed E-state index contributed by atoms with van der Waals surface area (Å²) in [5.41, 5.74) is 5.62. The molecule has 0 saturated heterocycles. The quantitative estimate of drug-likeness (QED) is 0.212. The Morgan fingerprint density at radius 3 is 1.80 bits per heavy atom. The zero-order chi connectivity index (χ0) is 26.9. The van der Waals surface area contributed by atoms with Crippen molar-refractivity contribution < 1.29 is 4.42 Å². The molecule has 2 heterocycles. The predicted molar refractivity (Wildman–Crippen MR) is 170 cm³/mol. The van der Waals surface area contributed by atoms with Gasteiger partial charge in [-0.05, 0) is 45.1 Å². The second-order valence-corrected chi connectivity index (χ2v) is 10.5. The van der Waals surface area contributed by atoms with Crippen LogP contribution in [0.15, 0.2) is 138 Å². The molecule has 0 saturated carbocycles. The Morgan fingerprint density at radius 1 is 0.439 bits per heavy atom. The molecule has 0 aliphatic heterocycles. The molecule has 2 aromatic heterocycles. The van der Waals surface area contributed by atoms with Crippen molar-refractivity contribution in [1.29, 1.82) is 0 Å². The maximum atomic E-state index is 6.73. The molecular weight excluding hydrogens is 500 g/mol. The Kier molecular flexibility index (Phi) is 4.61. The number of rotatable bonds is 2. The Labute approximate surface area is 235 Å². The Morgan fingerprint density at radius 2 is 1.02 bits per heavy atom. The molecule has 41 heavy (non-hydrogen) atoms. The van der Waals surface area contributed by atoms with Crippen molar-refractivity contribution in [1.82, 2.24) is 9.97 Å². The van der Waals surface area contributed by atoms with E-state index in [1.807, 2.05) is 30.3 Å². The van der Waals surface area contributed by atoms with Gasteiger partial charge in [-0.3, -0.25) is 0 Å². The van der Waals surface area contributed by atoms with E-state index in [0.717, 1.165) is 60.4 Å². The monoisotopic (exact) mass is 522 g/mol. The molecule has 0 N–H and O–H groups in total. The van der Waals surface area contributed by atoms with E-state index in [1.54, 1.807) is 0 Å². The highest BCUT2D eigenvalue weighted by molar-refractivity contribution is 6.34. The van der Waals surface area contributed by atoms with Crippen molar-refractivity contribution in [3.05, 3.63) is 133 Å². The summed E-state index contributed by atoms with van der Waals surface area (Å²) in [6.45, 7) is 0. The molecular formula is C38H22N2O. The first-order valence-corrected chi connectivity index (χ1v) is 13.9. The number of hydrogen-bond donors (Lipinski definition) is 0. The van der Waals surface area contributed by atoms with Crippen LogP contribution in [0, 0.1) is 0 Å². The first-order chi connectivity index (χ1) is 20.3. The van der Waals surface area contributed by atoms with Crippen LogP contribution in [0.1, 0.15) is 0 Å². The molecule has 0 spiro atoms. The molecule has 0 atom stereocenters. The van der Waals surface area contributed by atoms with E-state index in [1.165, 1.54) is 21.5 Å². The molecule has 0 unspecified atom stereocenters. The summed E-state index contributed by atoms with van der Waals surface area (Å²) in [5.74, 6) is 0.693. The zero-order valence-corrected chi connectivity index (χ0v) is 22.0. The van der Waals surface area contributed by atoms with Gasteiger partial charge in [-0.15, -0.1) is 0 Å². The molecule has 190 valence electrons. The van der Waals surface area contributed by atoms with Gasteiger partial charge in [-0.25, -0.2) is 9.97 Å². The van der Waals surface area contributed by atoms with Crippen LogP contribution in [0.2, 0.25) is 0 Å². The number of furan rings is 1. The van der Waals surface area contributed by atoms with E-state index in [0.29, 0.717) is 5.82 Å². The number of para-hydroxylation sites is 2. The Hall–Kier alpha value is -5.54. The lowest BCUT2D eigenvalue weighted by molar-refractivity contribution is 0.673. The lowest BCUT2D eigenvalue weighted by atomic mass is 9.91. The minimum atomic E-state index is 0.693. The highest BCUT2D eigenvalue weighted by Crippen LogP contribution is 2.46. The second kappa shape index (κ2) is 8.48. The fraction of sp³-hybridized carbons (Fsp3) is 0. The topological polar surface area (TPSA) is 38.9 Å². The standard InChI is InChI=1S/C38H22N2O/c1-2-12-23(13-3-1)36-28-18-8-10-20-32(28)39-38(40-36)31-22-30-26-16-5-4-14-24(26)25-15-6-7-17-27(25)34(30)37-35(31)29-19-9-11-21-33(29)41-37/h1-22H. The van der Waals surface area contributed by atoms with E-state index < -0.39 is 0 Å². The van der Waals surface area contributed by atoms with Gasteiger partial charge in [0.1, 0.15) is 11.2 Å².